The average molecular weight is 407 g/mol. The van der Waals surface area contributed by atoms with Crippen molar-refractivity contribution >= 4 is 107 Å². The topological polar surface area (TPSA) is 34.1 Å². The second-order valence-electron chi connectivity index (χ2n) is 6.44. The summed E-state index contributed by atoms with van der Waals surface area (Å²) in [5.41, 5.74) is 0.268. The van der Waals surface area contributed by atoms with Crippen molar-refractivity contribution in [2.24, 2.45) is 0 Å². The molecule has 4 heterocycles. The van der Waals surface area contributed by atoms with Crippen LogP contribution in [-0.2, 0) is 0 Å². The van der Waals surface area contributed by atoms with Gasteiger partial charge in [0, 0.05) is 53.8 Å². The Morgan fingerprint density at radius 3 is 1.42 bits per heavy atom. The molecule has 0 spiro atoms. The predicted molar refractivity (Wildman–Crippen MR) is 118 cm³/mol. The average Bonchev–Trinajstić information content (AvgIpc) is 3.43. The van der Waals surface area contributed by atoms with Crippen LogP contribution in [0.15, 0.2) is 43.2 Å². The van der Waals surface area contributed by atoms with E-state index in [9.17, 15) is 9.59 Å². The van der Waals surface area contributed by atoms with Crippen molar-refractivity contribution in [3.05, 3.63) is 54.1 Å². The van der Waals surface area contributed by atoms with E-state index in [4.69, 9.17) is 0 Å². The van der Waals surface area contributed by atoms with Crippen molar-refractivity contribution < 1.29 is 0 Å². The first-order valence-corrected chi connectivity index (χ1v) is 11.5. The molecular formula is C20H6O2S4. The van der Waals surface area contributed by atoms with E-state index in [-0.39, 0.29) is 10.9 Å². The number of hydrogen-bond acceptors (Lipinski definition) is 6. The molecule has 0 aliphatic rings. The molecule has 0 saturated carbocycles. The Balaban J connectivity index is 2.09. The van der Waals surface area contributed by atoms with E-state index in [1.807, 2.05) is 21.5 Å². The Morgan fingerprint density at radius 2 is 0.962 bits per heavy atom. The van der Waals surface area contributed by atoms with Gasteiger partial charge in [-0.25, -0.2) is 0 Å². The van der Waals surface area contributed by atoms with Crippen molar-refractivity contribution in [1.29, 1.82) is 0 Å². The van der Waals surface area contributed by atoms with E-state index in [1.54, 1.807) is 22.7 Å². The lowest BCUT2D eigenvalue weighted by molar-refractivity contribution is 1.89. The molecule has 0 saturated heterocycles. The molecule has 0 N–H and O–H groups in total. The SMILES string of the molecule is O=c1c2csc3c4scc5c(=O)c6sccc6c(c54)c(c4ccsc14)c23. The second-order valence-corrected chi connectivity index (χ2v) is 10.0. The largest absolute Gasteiger partial charge is 0.288 e. The third kappa shape index (κ3) is 1.36. The summed E-state index contributed by atoms with van der Waals surface area (Å²) in [6.45, 7) is 0. The third-order valence-electron chi connectivity index (χ3n) is 5.31. The monoisotopic (exact) mass is 406 g/mol. The maximum atomic E-state index is 13.0. The van der Waals surface area contributed by atoms with Crippen LogP contribution in [0.3, 0.4) is 0 Å². The van der Waals surface area contributed by atoms with E-state index in [0.29, 0.717) is 0 Å². The molecule has 2 nitrogen and oxygen atoms in total. The van der Waals surface area contributed by atoms with E-state index in [2.05, 4.69) is 12.1 Å². The Bertz CT molecular complexity index is 1640. The molecule has 0 bridgehead atoms. The van der Waals surface area contributed by atoms with Gasteiger partial charge in [0.05, 0.1) is 18.8 Å². The van der Waals surface area contributed by atoms with Gasteiger partial charge in [0.15, 0.2) is 0 Å². The van der Waals surface area contributed by atoms with Gasteiger partial charge < -0.3 is 0 Å². The summed E-state index contributed by atoms with van der Waals surface area (Å²) in [5.74, 6) is 0. The van der Waals surface area contributed by atoms with Gasteiger partial charge in [-0.05, 0) is 22.9 Å². The molecule has 6 heteroatoms. The van der Waals surface area contributed by atoms with Crippen LogP contribution in [0.2, 0.25) is 0 Å². The lowest BCUT2D eigenvalue weighted by Gasteiger charge is -2.08. The maximum Gasteiger partial charge on any atom is 0.205 e. The minimum atomic E-state index is 0.134. The molecule has 7 rings (SSSR count). The zero-order valence-corrected chi connectivity index (χ0v) is 16.2. The van der Waals surface area contributed by atoms with Gasteiger partial charge in [0.25, 0.3) is 0 Å². The van der Waals surface area contributed by atoms with Gasteiger partial charge in [-0.2, -0.15) is 0 Å². The number of rotatable bonds is 0. The normalized spacial score (nSPS) is 12.9. The molecule has 26 heavy (non-hydrogen) atoms. The van der Waals surface area contributed by atoms with Crippen LogP contribution in [0.4, 0.5) is 0 Å². The van der Waals surface area contributed by atoms with Gasteiger partial charge in [-0.1, -0.05) is 0 Å². The predicted octanol–water partition coefficient (Wildman–Crippen LogP) is 6.45. The summed E-state index contributed by atoms with van der Waals surface area (Å²) in [4.78, 5) is 26.0. The third-order valence-corrected chi connectivity index (χ3v) is 9.26. The zero-order valence-electron chi connectivity index (χ0n) is 12.9. The summed E-state index contributed by atoms with van der Waals surface area (Å²) >= 11 is 6.27. The highest BCUT2D eigenvalue weighted by Gasteiger charge is 2.24. The van der Waals surface area contributed by atoms with Crippen LogP contribution in [0.1, 0.15) is 0 Å². The molecule has 122 valence electrons. The Morgan fingerprint density at radius 1 is 0.500 bits per heavy atom. The summed E-state index contributed by atoms with van der Waals surface area (Å²) < 4.78 is 3.92. The first-order chi connectivity index (χ1) is 12.8. The number of thiophene rings is 4. The lowest BCUT2D eigenvalue weighted by Crippen LogP contribution is -2.01. The van der Waals surface area contributed by atoms with Crippen molar-refractivity contribution in [2.75, 3.05) is 0 Å². The Kier molecular flexibility index (Phi) is 2.37. The van der Waals surface area contributed by atoms with Crippen molar-refractivity contribution in [1.82, 2.24) is 0 Å². The first kappa shape index (κ1) is 14.0. The number of benzene rings is 3. The zero-order chi connectivity index (χ0) is 17.2. The fourth-order valence-corrected chi connectivity index (χ4v) is 8.27. The van der Waals surface area contributed by atoms with Crippen LogP contribution >= 0.6 is 45.3 Å². The van der Waals surface area contributed by atoms with E-state index < -0.39 is 0 Å². The molecular weight excluding hydrogens is 400 g/mol. The van der Waals surface area contributed by atoms with E-state index in [1.165, 1.54) is 22.7 Å². The molecule has 7 aromatic rings. The Labute approximate surface area is 160 Å². The molecule has 0 aliphatic carbocycles. The van der Waals surface area contributed by atoms with Gasteiger partial charge in [0.1, 0.15) is 0 Å². The van der Waals surface area contributed by atoms with Crippen LogP contribution < -0.4 is 10.9 Å². The number of fused-ring (bicyclic) bond motifs is 6. The highest BCUT2D eigenvalue weighted by molar-refractivity contribution is 7.27. The Hall–Kier alpha value is -2.12. The molecule has 0 fully saturated rings. The molecule has 3 aromatic carbocycles. The molecule has 4 aromatic heterocycles. The van der Waals surface area contributed by atoms with Crippen LogP contribution in [0.25, 0.3) is 61.9 Å². The van der Waals surface area contributed by atoms with Gasteiger partial charge in [0.2, 0.25) is 10.9 Å². The smallest absolute Gasteiger partial charge is 0.205 e. The maximum absolute atomic E-state index is 13.0. The first-order valence-electron chi connectivity index (χ1n) is 7.99. The number of hydrogen-bond donors (Lipinski definition) is 0. The quantitative estimate of drug-likeness (QED) is 0.271. The van der Waals surface area contributed by atoms with Crippen LogP contribution in [-0.4, -0.2) is 0 Å². The minimum Gasteiger partial charge on any atom is -0.288 e. The fraction of sp³-hybridized carbons (Fsp3) is 0. The van der Waals surface area contributed by atoms with Gasteiger partial charge in [-0.3, -0.25) is 9.59 Å². The standard InChI is InChI=1S/C20H6O2S4/c21-15-9-5-25-19-13(9)11(7-1-3-23-17(7)15)12-8-2-4-24-18(8)16(22)10-6-26-20(19)14(10)12/h1-6H. The van der Waals surface area contributed by atoms with Crippen LogP contribution in [0.5, 0.6) is 0 Å². The minimum absolute atomic E-state index is 0.134. The summed E-state index contributed by atoms with van der Waals surface area (Å²) in [7, 11) is 0. The summed E-state index contributed by atoms with van der Waals surface area (Å²) in [6.07, 6.45) is 0. The van der Waals surface area contributed by atoms with E-state index in [0.717, 1.165) is 61.9 Å². The fourth-order valence-electron chi connectivity index (χ4n) is 4.28. The van der Waals surface area contributed by atoms with Crippen molar-refractivity contribution in [3.63, 3.8) is 0 Å². The van der Waals surface area contributed by atoms with Gasteiger partial charge in [-0.15, -0.1) is 45.3 Å². The van der Waals surface area contributed by atoms with Crippen molar-refractivity contribution in [2.45, 2.75) is 0 Å². The van der Waals surface area contributed by atoms with Crippen molar-refractivity contribution in [3.8, 4) is 0 Å². The molecule has 0 radical (unpaired) electrons. The molecule has 0 atom stereocenters. The van der Waals surface area contributed by atoms with E-state index >= 15 is 0 Å². The van der Waals surface area contributed by atoms with Crippen LogP contribution in [0, 0.1) is 0 Å². The van der Waals surface area contributed by atoms with Gasteiger partial charge >= 0.3 is 0 Å². The molecule has 0 unspecified atom stereocenters. The second kappa shape index (κ2) is 4.40. The highest BCUT2D eigenvalue weighted by atomic mass is 32.1. The summed E-state index contributed by atoms with van der Waals surface area (Å²) in [6, 6.07) is 4.12. The lowest BCUT2D eigenvalue weighted by atomic mass is 9.94. The molecule has 0 amide bonds. The molecule has 0 aliphatic heterocycles. The highest BCUT2D eigenvalue weighted by Crippen LogP contribution is 2.49. The summed E-state index contributed by atoms with van der Waals surface area (Å²) in [5, 5.41) is 16.1.